The van der Waals surface area contributed by atoms with Gasteiger partial charge in [0.1, 0.15) is 13.2 Å². The van der Waals surface area contributed by atoms with Crippen LogP contribution in [0.25, 0.3) is 10.4 Å². The van der Waals surface area contributed by atoms with Gasteiger partial charge in [0.2, 0.25) is 0 Å². The highest BCUT2D eigenvalue weighted by atomic mass is 32.1. The van der Waals surface area contributed by atoms with Crippen LogP contribution in [0.2, 0.25) is 0 Å². The summed E-state index contributed by atoms with van der Waals surface area (Å²) in [5.41, 5.74) is 7.75. The second kappa shape index (κ2) is 3.72. The Hall–Kier alpha value is -1.68. The van der Waals surface area contributed by atoms with Crippen LogP contribution in [0, 0.1) is 0 Å². The molecule has 1 aromatic heterocycles. The highest BCUT2D eigenvalue weighted by Crippen LogP contribution is 2.40. The molecule has 1 aliphatic rings. The summed E-state index contributed by atoms with van der Waals surface area (Å²) < 4.78 is 11.0. The summed E-state index contributed by atoms with van der Waals surface area (Å²) in [7, 11) is 0. The van der Waals surface area contributed by atoms with Crippen LogP contribution in [0.5, 0.6) is 11.5 Å². The highest BCUT2D eigenvalue weighted by Gasteiger charge is 2.15. The number of ether oxygens (including phenoxy) is 2. The van der Waals surface area contributed by atoms with Crippen molar-refractivity contribution in [3.63, 3.8) is 0 Å². The first kappa shape index (κ1) is 9.54. The molecule has 4 heteroatoms. The van der Waals surface area contributed by atoms with Gasteiger partial charge in [0.05, 0.1) is 0 Å². The third kappa shape index (κ3) is 1.51. The maximum absolute atomic E-state index is 6.01. The van der Waals surface area contributed by atoms with Gasteiger partial charge in [0.15, 0.2) is 11.5 Å². The third-order valence-corrected chi connectivity index (χ3v) is 3.40. The van der Waals surface area contributed by atoms with Crippen LogP contribution in [0.4, 0.5) is 5.69 Å². The number of fused-ring (bicyclic) bond motifs is 1. The van der Waals surface area contributed by atoms with Crippen molar-refractivity contribution in [2.45, 2.75) is 0 Å². The lowest BCUT2D eigenvalue weighted by molar-refractivity contribution is 0.172. The van der Waals surface area contributed by atoms with E-state index in [4.69, 9.17) is 15.2 Å². The van der Waals surface area contributed by atoms with Crippen molar-refractivity contribution in [2.75, 3.05) is 18.9 Å². The molecule has 0 saturated carbocycles. The molecule has 2 aromatic rings. The second-order valence-electron chi connectivity index (χ2n) is 3.56. The van der Waals surface area contributed by atoms with Gasteiger partial charge in [0.25, 0.3) is 0 Å². The number of anilines is 1. The summed E-state index contributed by atoms with van der Waals surface area (Å²) in [4.78, 5) is 1.15. The fraction of sp³-hybridized carbons (Fsp3) is 0.167. The highest BCUT2D eigenvalue weighted by molar-refractivity contribution is 7.13. The zero-order valence-electron chi connectivity index (χ0n) is 8.60. The fourth-order valence-electron chi connectivity index (χ4n) is 1.75. The number of hydrogen-bond acceptors (Lipinski definition) is 4. The van der Waals surface area contributed by atoms with Crippen molar-refractivity contribution in [3.8, 4) is 21.9 Å². The van der Waals surface area contributed by atoms with Crippen LogP contribution in [0.3, 0.4) is 0 Å². The maximum atomic E-state index is 6.01. The molecule has 2 heterocycles. The second-order valence-corrected chi connectivity index (χ2v) is 4.51. The summed E-state index contributed by atoms with van der Waals surface area (Å²) >= 11 is 1.66. The van der Waals surface area contributed by atoms with Crippen LogP contribution in [0.15, 0.2) is 29.6 Å². The van der Waals surface area contributed by atoms with E-state index in [2.05, 4.69) is 0 Å². The van der Waals surface area contributed by atoms with E-state index in [1.807, 2.05) is 29.6 Å². The molecule has 82 valence electrons. The molecular weight excluding hydrogens is 222 g/mol. The zero-order chi connectivity index (χ0) is 11.0. The Kier molecular flexibility index (Phi) is 2.22. The van der Waals surface area contributed by atoms with Crippen molar-refractivity contribution in [1.82, 2.24) is 0 Å². The van der Waals surface area contributed by atoms with E-state index >= 15 is 0 Å². The van der Waals surface area contributed by atoms with Gasteiger partial charge in [-0.25, -0.2) is 0 Å². The van der Waals surface area contributed by atoms with Gasteiger partial charge in [-0.15, -0.1) is 11.3 Å². The summed E-state index contributed by atoms with van der Waals surface area (Å²) in [6.45, 7) is 1.19. The Balaban J connectivity index is 2.12. The Bertz CT molecular complexity index is 508. The normalized spacial score (nSPS) is 13.8. The quantitative estimate of drug-likeness (QED) is 0.770. The number of thiophene rings is 1. The minimum atomic E-state index is 0.588. The van der Waals surface area contributed by atoms with E-state index < -0.39 is 0 Å². The number of nitrogen functional groups attached to an aromatic ring is 1. The predicted octanol–water partition coefficient (Wildman–Crippen LogP) is 2.77. The molecule has 0 atom stereocenters. The van der Waals surface area contributed by atoms with Gasteiger partial charge in [0, 0.05) is 22.2 Å². The molecular formula is C12H11NO2S. The molecule has 0 bridgehead atoms. The first-order valence-corrected chi connectivity index (χ1v) is 5.95. The first-order chi connectivity index (χ1) is 7.84. The SMILES string of the molecule is Nc1cc2c(cc1-c1cccs1)OCCO2. The molecule has 0 spiro atoms. The zero-order valence-corrected chi connectivity index (χ0v) is 9.42. The minimum absolute atomic E-state index is 0.588. The Morgan fingerprint density at radius 3 is 2.56 bits per heavy atom. The molecule has 0 amide bonds. The lowest BCUT2D eigenvalue weighted by Crippen LogP contribution is -2.15. The van der Waals surface area contributed by atoms with E-state index in [1.165, 1.54) is 0 Å². The number of rotatable bonds is 1. The van der Waals surface area contributed by atoms with E-state index in [-0.39, 0.29) is 0 Å². The van der Waals surface area contributed by atoms with Gasteiger partial charge >= 0.3 is 0 Å². The predicted molar refractivity (Wildman–Crippen MR) is 65.2 cm³/mol. The van der Waals surface area contributed by atoms with Crippen LogP contribution < -0.4 is 15.2 Å². The van der Waals surface area contributed by atoms with E-state index in [0.29, 0.717) is 13.2 Å². The molecule has 3 nitrogen and oxygen atoms in total. The van der Waals surface area contributed by atoms with Crippen LogP contribution in [-0.4, -0.2) is 13.2 Å². The molecule has 2 N–H and O–H groups in total. The van der Waals surface area contributed by atoms with Crippen LogP contribution >= 0.6 is 11.3 Å². The number of benzene rings is 1. The van der Waals surface area contributed by atoms with Gasteiger partial charge in [-0.05, 0) is 17.5 Å². The standard InChI is InChI=1S/C12H11NO2S/c13-9-7-11-10(14-3-4-15-11)6-8(9)12-2-1-5-16-12/h1-2,5-7H,3-4,13H2. The average Bonchev–Trinajstić information content (AvgIpc) is 2.81. The summed E-state index contributed by atoms with van der Waals surface area (Å²) in [5, 5.41) is 2.03. The molecule has 3 rings (SSSR count). The lowest BCUT2D eigenvalue weighted by atomic mass is 10.1. The smallest absolute Gasteiger partial charge is 0.163 e. The summed E-state index contributed by atoms with van der Waals surface area (Å²) in [6.07, 6.45) is 0. The molecule has 0 radical (unpaired) electrons. The van der Waals surface area contributed by atoms with E-state index in [1.54, 1.807) is 11.3 Å². The summed E-state index contributed by atoms with van der Waals surface area (Å²) in [6, 6.07) is 7.85. The minimum Gasteiger partial charge on any atom is -0.486 e. The molecule has 1 aliphatic heterocycles. The number of nitrogens with two attached hydrogens (primary N) is 1. The maximum Gasteiger partial charge on any atom is 0.163 e. The van der Waals surface area contributed by atoms with Crippen molar-refractivity contribution in [1.29, 1.82) is 0 Å². The van der Waals surface area contributed by atoms with Crippen molar-refractivity contribution >= 4 is 17.0 Å². The van der Waals surface area contributed by atoms with Gasteiger partial charge in [-0.1, -0.05) is 6.07 Å². The summed E-state index contributed by atoms with van der Waals surface area (Å²) in [5.74, 6) is 1.52. The molecule has 16 heavy (non-hydrogen) atoms. The molecule has 0 fully saturated rings. The molecule has 1 aromatic carbocycles. The molecule has 0 unspecified atom stereocenters. The topological polar surface area (TPSA) is 44.5 Å². The van der Waals surface area contributed by atoms with E-state index in [9.17, 15) is 0 Å². The lowest BCUT2D eigenvalue weighted by Gasteiger charge is -2.19. The molecule has 0 saturated heterocycles. The van der Waals surface area contributed by atoms with Crippen molar-refractivity contribution in [3.05, 3.63) is 29.6 Å². The monoisotopic (exact) mass is 233 g/mol. The van der Waals surface area contributed by atoms with Crippen molar-refractivity contribution in [2.24, 2.45) is 0 Å². The van der Waals surface area contributed by atoms with Crippen LogP contribution in [-0.2, 0) is 0 Å². The Morgan fingerprint density at radius 2 is 1.88 bits per heavy atom. The molecule has 0 aliphatic carbocycles. The Labute approximate surface area is 97.4 Å². The van der Waals surface area contributed by atoms with Gasteiger partial charge in [-0.3, -0.25) is 0 Å². The number of hydrogen-bond donors (Lipinski definition) is 1. The first-order valence-electron chi connectivity index (χ1n) is 5.07. The Morgan fingerprint density at radius 1 is 1.12 bits per heavy atom. The van der Waals surface area contributed by atoms with Gasteiger partial charge in [-0.2, -0.15) is 0 Å². The largest absolute Gasteiger partial charge is 0.486 e. The van der Waals surface area contributed by atoms with Gasteiger partial charge < -0.3 is 15.2 Å². The van der Waals surface area contributed by atoms with E-state index in [0.717, 1.165) is 27.6 Å². The van der Waals surface area contributed by atoms with Crippen molar-refractivity contribution < 1.29 is 9.47 Å². The fourth-order valence-corrected chi connectivity index (χ4v) is 2.51. The van der Waals surface area contributed by atoms with Crippen LogP contribution in [0.1, 0.15) is 0 Å². The third-order valence-electron chi connectivity index (χ3n) is 2.50. The average molecular weight is 233 g/mol.